The molecule has 0 bridgehead atoms. The highest BCUT2D eigenvalue weighted by Gasteiger charge is 1.98. The number of hydrogen-bond donors (Lipinski definition) is 1. The van der Waals surface area contributed by atoms with Gasteiger partial charge in [0.25, 0.3) is 0 Å². The maximum Gasteiger partial charge on any atom is 0.119 e. The number of rotatable bonds is 9. The summed E-state index contributed by atoms with van der Waals surface area (Å²) in [7, 11) is 1.69. The zero-order chi connectivity index (χ0) is 17.3. The van der Waals surface area contributed by atoms with Crippen LogP contribution in [0.1, 0.15) is 12.0 Å². The molecule has 0 fully saturated rings. The summed E-state index contributed by atoms with van der Waals surface area (Å²) in [6, 6.07) is 22.8. The van der Waals surface area contributed by atoms with Crippen LogP contribution in [0.4, 0.5) is 0 Å². The Bertz CT molecular complexity index is 783. The highest BCUT2D eigenvalue weighted by atomic mass is 16.5. The smallest absolute Gasteiger partial charge is 0.119 e. The first kappa shape index (κ1) is 17.3. The van der Waals surface area contributed by atoms with E-state index in [0.29, 0.717) is 0 Å². The fourth-order valence-electron chi connectivity index (χ4n) is 2.79. The third kappa shape index (κ3) is 5.23. The molecular formula is C22H25NO2. The van der Waals surface area contributed by atoms with Crippen molar-refractivity contribution in [2.24, 2.45) is 0 Å². The van der Waals surface area contributed by atoms with Crippen molar-refractivity contribution < 1.29 is 9.47 Å². The van der Waals surface area contributed by atoms with Gasteiger partial charge in [0.2, 0.25) is 0 Å². The van der Waals surface area contributed by atoms with E-state index in [9.17, 15) is 0 Å². The van der Waals surface area contributed by atoms with Crippen LogP contribution in [0.15, 0.2) is 66.7 Å². The fraction of sp³-hybridized carbons (Fsp3) is 0.273. The van der Waals surface area contributed by atoms with Crippen molar-refractivity contribution in [3.05, 3.63) is 72.3 Å². The normalized spacial score (nSPS) is 10.8. The molecule has 0 spiro atoms. The molecule has 3 aromatic carbocycles. The van der Waals surface area contributed by atoms with Gasteiger partial charge in [-0.15, -0.1) is 0 Å². The first-order chi connectivity index (χ1) is 12.3. The summed E-state index contributed by atoms with van der Waals surface area (Å²) in [5.74, 6) is 1.85. The van der Waals surface area contributed by atoms with Crippen molar-refractivity contribution in [3.63, 3.8) is 0 Å². The van der Waals surface area contributed by atoms with E-state index in [-0.39, 0.29) is 0 Å². The Morgan fingerprint density at radius 3 is 2.36 bits per heavy atom. The van der Waals surface area contributed by atoms with Crippen LogP contribution in [0.25, 0.3) is 10.8 Å². The fourth-order valence-corrected chi connectivity index (χ4v) is 2.79. The molecule has 3 nitrogen and oxygen atoms in total. The highest BCUT2D eigenvalue weighted by Crippen LogP contribution is 2.20. The minimum atomic E-state index is 0.730. The highest BCUT2D eigenvalue weighted by molar-refractivity contribution is 5.83. The zero-order valence-corrected chi connectivity index (χ0v) is 14.7. The van der Waals surface area contributed by atoms with Crippen molar-refractivity contribution in [2.45, 2.75) is 12.8 Å². The predicted octanol–water partition coefficient (Wildman–Crippen LogP) is 4.45. The zero-order valence-electron chi connectivity index (χ0n) is 14.7. The quantitative estimate of drug-likeness (QED) is 0.586. The molecule has 3 aromatic rings. The minimum Gasteiger partial charge on any atom is -0.497 e. The van der Waals surface area contributed by atoms with Crippen LogP contribution in [0.5, 0.6) is 11.5 Å². The molecule has 3 heteroatoms. The second kappa shape index (κ2) is 9.09. The molecular weight excluding hydrogens is 310 g/mol. The van der Waals surface area contributed by atoms with Crippen molar-refractivity contribution in [1.82, 2.24) is 5.32 Å². The lowest BCUT2D eigenvalue weighted by molar-refractivity contribution is 0.309. The van der Waals surface area contributed by atoms with Gasteiger partial charge in [-0.05, 0) is 66.5 Å². The van der Waals surface area contributed by atoms with Gasteiger partial charge in [-0.1, -0.05) is 42.5 Å². The molecule has 0 aliphatic rings. The van der Waals surface area contributed by atoms with Gasteiger partial charge in [-0.2, -0.15) is 0 Å². The maximum atomic E-state index is 5.85. The molecule has 0 saturated carbocycles. The molecule has 130 valence electrons. The van der Waals surface area contributed by atoms with Gasteiger partial charge in [0.05, 0.1) is 13.7 Å². The van der Waals surface area contributed by atoms with Gasteiger partial charge in [0.15, 0.2) is 0 Å². The summed E-state index contributed by atoms with van der Waals surface area (Å²) in [4.78, 5) is 0. The lowest BCUT2D eigenvalue weighted by Crippen LogP contribution is -2.20. The molecule has 0 amide bonds. The molecule has 0 heterocycles. The Balaban J connectivity index is 1.31. The number of ether oxygens (including phenoxy) is 2. The monoisotopic (exact) mass is 335 g/mol. The van der Waals surface area contributed by atoms with E-state index in [1.54, 1.807) is 7.11 Å². The van der Waals surface area contributed by atoms with Crippen molar-refractivity contribution in [3.8, 4) is 11.5 Å². The van der Waals surface area contributed by atoms with E-state index in [2.05, 4.69) is 53.8 Å². The topological polar surface area (TPSA) is 30.5 Å². The molecule has 0 unspecified atom stereocenters. The predicted molar refractivity (Wildman–Crippen MR) is 104 cm³/mol. The Hall–Kier alpha value is -2.52. The molecule has 1 N–H and O–H groups in total. The molecule has 0 atom stereocenters. The maximum absolute atomic E-state index is 5.85. The summed E-state index contributed by atoms with van der Waals surface area (Å²) in [6.07, 6.45) is 2.02. The van der Waals surface area contributed by atoms with Crippen LogP contribution in [-0.2, 0) is 6.42 Å². The van der Waals surface area contributed by atoms with Crippen LogP contribution < -0.4 is 14.8 Å². The number of hydrogen-bond acceptors (Lipinski definition) is 3. The Kier molecular flexibility index (Phi) is 6.29. The first-order valence-electron chi connectivity index (χ1n) is 8.80. The number of benzene rings is 3. The van der Waals surface area contributed by atoms with Gasteiger partial charge in [0.1, 0.15) is 11.5 Å². The van der Waals surface area contributed by atoms with E-state index in [0.717, 1.165) is 44.0 Å². The van der Waals surface area contributed by atoms with Crippen LogP contribution in [0.3, 0.4) is 0 Å². The van der Waals surface area contributed by atoms with Crippen molar-refractivity contribution in [2.75, 3.05) is 26.8 Å². The minimum absolute atomic E-state index is 0.730. The van der Waals surface area contributed by atoms with Gasteiger partial charge in [-0.3, -0.25) is 0 Å². The molecule has 0 aromatic heterocycles. The molecule has 25 heavy (non-hydrogen) atoms. The first-order valence-corrected chi connectivity index (χ1v) is 8.80. The molecule has 0 aliphatic heterocycles. The van der Waals surface area contributed by atoms with Crippen LogP contribution >= 0.6 is 0 Å². The average molecular weight is 335 g/mol. The summed E-state index contributed by atoms with van der Waals surface area (Å²) in [5.41, 5.74) is 1.32. The van der Waals surface area contributed by atoms with Crippen molar-refractivity contribution in [1.29, 1.82) is 0 Å². The third-order valence-electron chi connectivity index (χ3n) is 4.24. The number of methoxy groups -OCH3 is 1. The summed E-state index contributed by atoms with van der Waals surface area (Å²) in [6.45, 7) is 2.67. The summed E-state index contributed by atoms with van der Waals surface area (Å²) < 4.78 is 11.0. The van der Waals surface area contributed by atoms with Crippen molar-refractivity contribution >= 4 is 10.8 Å². The standard InChI is InChI=1S/C22H25NO2/c1-24-21-10-7-18(8-11-21)13-15-23-14-4-16-25-22-12-9-19-5-2-3-6-20(19)17-22/h2-3,5-12,17,23H,4,13-16H2,1H3. The lowest BCUT2D eigenvalue weighted by Gasteiger charge is -2.08. The van der Waals surface area contributed by atoms with Gasteiger partial charge < -0.3 is 14.8 Å². The average Bonchev–Trinajstić information content (AvgIpc) is 2.67. The van der Waals surface area contributed by atoms with E-state index in [1.807, 2.05) is 18.2 Å². The van der Waals surface area contributed by atoms with Crippen LogP contribution in [-0.4, -0.2) is 26.8 Å². The summed E-state index contributed by atoms with van der Waals surface area (Å²) >= 11 is 0. The second-order valence-corrected chi connectivity index (χ2v) is 6.06. The Morgan fingerprint density at radius 1 is 0.800 bits per heavy atom. The van der Waals surface area contributed by atoms with Gasteiger partial charge in [-0.25, -0.2) is 0 Å². The number of nitrogens with one attached hydrogen (secondary N) is 1. The van der Waals surface area contributed by atoms with E-state index in [4.69, 9.17) is 9.47 Å². The summed E-state index contributed by atoms with van der Waals surface area (Å²) in [5, 5.41) is 5.93. The van der Waals surface area contributed by atoms with E-state index in [1.165, 1.54) is 16.3 Å². The van der Waals surface area contributed by atoms with Crippen LogP contribution in [0.2, 0.25) is 0 Å². The Labute approximate surface area is 149 Å². The molecule has 3 rings (SSSR count). The lowest BCUT2D eigenvalue weighted by atomic mass is 10.1. The van der Waals surface area contributed by atoms with Gasteiger partial charge >= 0.3 is 0 Å². The second-order valence-electron chi connectivity index (χ2n) is 6.06. The largest absolute Gasteiger partial charge is 0.497 e. The van der Waals surface area contributed by atoms with Crippen LogP contribution in [0, 0.1) is 0 Å². The van der Waals surface area contributed by atoms with E-state index >= 15 is 0 Å². The molecule has 0 saturated heterocycles. The Morgan fingerprint density at radius 2 is 1.56 bits per heavy atom. The van der Waals surface area contributed by atoms with Gasteiger partial charge in [0, 0.05) is 0 Å². The molecule has 0 aliphatic carbocycles. The third-order valence-corrected chi connectivity index (χ3v) is 4.24. The van der Waals surface area contributed by atoms with E-state index < -0.39 is 0 Å². The SMILES string of the molecule is COc1ccc(CCNCCCOc2ccc3ccccc3c2)cc1. The molecule has 0 radical (unpaired) electrons. The number of fused-ring (bicyclic) bond motifs is 1.